The molecule has 0 saturated carbocycles. The van der Waals surface area contributed by atoms with Crippen molar-refractivity contribution in [1.82, 2.24) is 9.88 Å². The molecule has 1 amide bonds. The summed E-state index contributed by atoms with van der Waals surface area (Å²) >= 11 is 12.1. The first-order valence-corrected chi connectivity index (χ1v) is 9.75. The summed E-state index contributed by atoms with van der Waals surface area (Å²) in [5, 5.41) is 0.972. The van der Waals surface area contributed by atoms with Crippen molar-refractivity contribution in [3.05, 3.63) is 70.2 Å². The van der Waals surface area contributed by atoms with Gasteiger partial charge in [-0.1, -0.05) is 35.3 Å². The Labute approximate surface area is 182 Å². The molecule has 0 unspecified atom stereocenters. The molecule has 30 heavy (non-hydrogen) atoms. The van der Waals surface area contributed by atoms with Crippen molar-refractivity contribution >= 4 is 29.1 Å². The quantitative estimate of drug-likeness (QED) is 0.428. The van der Waals surface area contributed by atoms with Crippen LogP contribution in [0.15, 0.2) is 53.1 Å². The van der Waals surface area contributed by atoms with E-state index in [1.54, 1.807) is 48.5 Å². The molecule has 5 nitrogen and oxygen atoms in total. The largest absolute Gasteiger partial charge is 0.441 e. The fourth-order valence-electron chi connectivity index (χ4n) is 2.78. The Kier molecular flexibility index (Phi) is 7.29. The van der Waals surface area contributed by atoms with Crippen LogP contribution in [0.4, 0.5) is 8.78 Å². The van der Waals surface area contributed by atoms with Gasteiger partial charge in [-0.25, -0.2) is 4.98 Å². The first-order chi connectivity index (χ1) is 14.3. The molecule has 0 spiro atoms. The molecule has 1 heterocycles. The molecule has 9 heteroatoms. The van der Waals surface area contributed by atoms with Gasteiger partial charge < -0.3 is 14.1 Å². The van der Waals surface area contributed by atoms with Gasteiger partial charge in [0.15, 0.2) is 11.7 Å². The van der Waals surface area contributed by atoms with Gasteiger partial charge in [-0.3, -0.25) is 4.79 Å². The van der Waals surface area contributed by atoms with Gasteiger partial charge in [0, 0.05) is 37.0 Å². The minimum atomic E-state index is -2.87. The third-order valence-electron chi connectivity index (χ3n) is 4.30. The van der Waals surface area contributed by atoms with Gasteiger partial charge in [-0.2, -0.15) is 8.78 Å². The van der Waals surface area contributed by atoms with E-state index < -0.39 is 6.61 Å². The number of aromatic nitrogens is 1. The number of oxazole rings is 1. The van der Waals surface area contributed by atoms with Gasteiger partial charge in [-0.05, 0) is 35.9 Å². The third-order valence-corrected chi connectivity index (χ3v) is 4.84. The summed E-state index contributed by atoms with van der Waals surface area (Å²) in [5.41, 5.74) is 1.46. The maximum Gasteiger partial charge on any atom is 0.387 e. The highest BCUT2D eigenvalue weighted by Gasteiger charge is 2.14. The van der Waals surface area contributed by atoms with Crippen LogP contribution in [0.1, 0.15) is 17.9 Å². The number of amides is 1. The van der Waals surface area contributed by atoms with E-state index in [4.69, 9.17) is 27.6 Å². The van der Waals surface area contributed by atoms with Crippen LogP contribution in [-0.2, 0) is 17.8 Å². The number of benzene rings is 2. The summed E-state index contributed by atoms with van der Waals surface area (Å²) in [5.74, 6) is 0.889. The molecule has 3 rings (SSSR count). The molecule has 2 aromatic carbocycles. The van der Waals surface area contributed by atoms with E-state index in [1.807, 2.05) is 0 Å². The number of hydrogen-bond donors (Lipinski definition) is 0. The number of carbonyl (C=O) groups is 1. The highest BCUT2D eigenvalue weighted by molar-refractivity contribution is 6.36. The van der Waals surface area contributed by atoms with Crippen LogP contribution in [-0.4, -0.2) is 29.5 Å². The number of ether oxygens (including phenoxy) is 1. The molecule has 158 valence electrons. The van der Waals surface area contributed by atoms with Gasteiger partial charge in [0.1, 0.15) is 5.75 Å². The molecule has 0 N–H and O–H groups in total. The lowest BCUT2D eigenvalue weighted by atomic mass is 10.2. The Morgan fingerprint density at radius 1 is 1.20 bits per heavy atom. The predicted molar refractivity (Wildman–Crippen MR) is 110 cm³/mol. The van der Waals surface area contributed by atoms with Crippen molar-refractivity contribution in [3.63, 3.8) is 0 Å². The van der Waals surface area contributed by atoms with Crippen LogP contribution in [0.2, 0.25) is 10.0 Å². The second-order valence-corrected chi connectivity index (χ2v) is 7.36. The zero-order valence-electron chi connectivity index (χ0n) is 15.9. The summed E-state index contributed by atoms with van der Waals surface area (Å²) in [6.07, 6.45) is 2.09. The minimum Gasteiger partial charge on any atom is -0.441 e. The monoisotopic (exact) mass is 454 g/mol. The lowest BCUT2D eigenvalue weighted by Crippen LogP contribution is -2.26. The molecule has 0 saturated heterocycles. The molecule has 0 atom stereocenters. The highest BCUT2D eigenvalue weighted by atomic mass is 35.5. The average Bonchev–Trinajstić information content (AvgIpc) is 3.16. The molecule has 0 aliphatic carbocycles. The molecule has 0 aliphatic heterocycles. The standard InChI is InChI=1S/C21H18Cl2F2N2O3/c1-27(12-13-2-5-15(6-3-13)29-21(24)25)20(28)9-8-19-26-11-18(30-19)16-7-4-14(22)10-17(16)23/h2-7,10-11,21H,8-9,12H2,1H3. The van der Waals surface area contributed by atoms with E-state index in [0.29, 0.717) is 40.2 Å². The van der Waals surface area contributed by atoms with Gasteiger partial charge in [0.2, 0.25) is 5.91 Å². The first-order valence-electron chi connectivity index (χ1n) is 8.99. The van der Waals surface area contributed by atoms with Gasteiger partial charge in [0.05, 0.1) is 11.2 Å². The first kappa shape index (κ1) is 22.1. The van der Waals surface area contributed by atoms with E-state index in [2.05, 4.69) is 9.72 Å². The third kappa shape index (κ3) is 5.93. The maximum absolute atomic E-state index is 12.4. The molecule has 3 aromatic rings. The fraction of sp³-hybridized carbons (Fsp3) is 0.238. The normalized spacial score (nSPS) is 11.0. The van der Waals surface area contributed by atoms with E-state index in [1.165, 1.54) is 12.1 Å². The van der Waals surface area contributed by atoms with Crippen LogP contribution in [0.5, 0.6) is 5.75 Å². The molecule has 0 radical (unpaired) electrons. The summed E-state index contributed by atoms with van der Waals surface area (Å²) in [7, 11) is 1.67. The van der Waals surface area contributed by atoms with Crippen molar-refractivity contribution in [2.45, 2.75) is 26.0 Å². The summed E-state index contributed by atoms with van der Waals surface area (Å²) < 4.78 is 34.4. The number of halogens is 4. The van der Waals surface area contributed by atoms with Gasteiger partial charge in [-0.15, -0.1) is 0 Å². The minimum absolute atomic E-state index is 0.0724. The van der Waals surface area contributed by atoms with Crippen molar-refractivity contribution in [2.24, 2.45) is 0 Å². The van der Waals surface area contributed by atoms with E-state index in [0.717, 1.165) is 5.56 Å². The zero-order chi connectivity index (χ0) is 21.7. The van der Waals surface area contributed by atoms with Gasteiger partial charge in [0.25, 0.3) is 0 Å². The van der Waals surface area contributed by atoms with E-state index in [-0.39, 0.29) is 18.1 Å². The van der Waals surface area contributed by atoms with Crippen LogP contribution in [0, 0.1) is 0 Å². The average molecular weight is 455 g/mol. The van der Waals surface area contributed by atoms with Crippen molar-refractivity contribution in [2.75, 3.05) is 7.05 Å². The van der Waals surface area contributed by atoms with Gasteiger partial charge >= 0.3 is 6.61 Å². The smallest absolute Gasteiger partial charge is 0.387 e. The highest BCUT2D eigenvalue weighted by Crippen LogP contribution is 2.30. The predicted octanol–water partition coefficient (Wildman–Crippen LogP) is 5.84. The van der Waals surface area contributed by atoms with Crippen LogP contribution < -0.4 is 4.74 Å². The Morgan fingerprint density at radius 3 is 2.60 bits per heavy atom. The molecule has 0 bridgehead atoms. The van der Waals surface area contributed by atoms with Crippen LogP contribution in [0.3, 0.4) is 0 Å². The number of rotatable bonds is 8. The lowest BCUT2D eigenvalue weighted by molar-refractivity contribution is -0.130. The fourth-order valence-corrected chi connectivity index (χ4v) is 3.28. The second-order valence-electron chi connectivity index (χ2n) is 6.51. The van der Waals surface area contributed by atoms with Crippen molar-refractivity contribution in [1.29, 1.82) is 0 Å². The van der Waals surface area contributed by atoms with Crippen LogP contribution in [0.25, 0.3) is 11.3 Å². The number of aryl methyl sites for hydroxylation is 1. The van der Waals surface area contributed by atoms with Crippen molar-refractivity contribution < 1.29 is 22.7 Å². The number of nitrogens with zero attached hydrogens (tertiary/aromatic N) is 2. The molecular weight excluding hydrogens is 437 g/mol. The SMILES string of the molecule is CN(Cc1ccc(OC(F)F)cc1)C(=O)CCc1ncc(-c2ccc(Cl)cc2Cl)o1. The second kappa shape index (κ2) is 9.91. The van der Waals surface area contributed by atoms with Crippen LogP contribution >= 0.6 is 23.2 Å². The Bertz CT molecular complexity index is 1010. The zero-order valence-corrected chi connectivity index (χ0v) is 17.5. The molecule has 0 aliphatic rings. The number of alkyl halides is 2. The Morgan fingerprint density at radius 2 is 1.93 bits per heavy atom. The summed E-state index contributed by atoms with van der Waals surface area (Å²) in [6, 6.07) is 11.2. The summed E-state index contributed by atoms with van der Waals surface area (Å²) in [6.45, 7) is -2.53. The number of carbonyl (C=O) groups excluding carboxylic acids is 1. The Hall–Kier alpha value is -2.64. The molecule has 1 aromatic heterocycles. The van der Waals surface area contributed by atoms with E-state index in [9.17, 15) is 13.6 Å². The van der Waals surface area contributed by atoms with E-state index >= 15 is 0 Å². The summed E-state index contributed by atoms with van der Waals surface area (Å²) in [4.78, 5) is 18.1. The Balaban J connectivity index is 1.53. The molecule has 0 fully saturated rings. The lowest BCUT2D eigenvalue weighted by Gasteiger charge is -2.17. The topological polar surface area (TPSA) is 55.6 Å². The molecular formula is C21H18Cl2F2N2O3. The number of hydrogen-bond acceptors (Lipinski definition) is 4. The maximum atomic E-state index is 12.4. The van der Waals surface area contributed by atoms with Crippen molar-refractivity contribution in [3.8, 4) is 17.1 Å².